The van der Waals surface area contributed by atoms with E-state index in [4.69, 9.17) is 0 Å². The third kappa shape index (κ3) is 5.71. The average molecular weight is 458 g/mol. The Morgan fingerprint density at radius 1 is 1.06 bits per heavy atom. The van der Waals surface area contributed by atoms with Gasteiger partial charge in [-0.2, -0.15) is 0 Å². The number of sulfonamides is 1. The highest BCUT2D eigenvalue weighted by atomic mass is 32.2. The molecule has 1 aromatic heterocycles. The number of aromatic nitrogens is 1. The number of amides is 1. The number of unbranched alkanes of at least 4 members (excludes halogenated alkanes) is 1. The van der Waals surface area contributed by atoms with Crippen LogP contribution < -0.4 is 10.0 Å². The third-order valence-electron chi connectivity index (χ3n) is 4.88. The summed E-state index contributed by atoms with van der Waals surface area (Å²) in [6.45, 7) is 7.50. The van der Waals surface area contributed by atoms with Crippen LogP contribution in [0.15, 0.2) is 47.4 Å². The first-order valence-corrected chi connectivity index (χ1v) is 12.5. The van der Waals surface area contributed by atoms with Crippen LogP contribution in [0.1, 0.15) is 51.8 Å². The minimum Gasteiger partial charge on any atom is -0.321 e. The first-order valence-electron chi connectivity index (χ1n) is 10.2. The van der Waals surface area contributed by atoms with Gasteiger partial charge in [-0.05, 0) is 62.9 Å². The van der Waals surface area contributed by atoms with E-state index in [1.807, 2.05) is 37.3 Å². The van der Waals surface area contributed by atoms with E-state index in [1.165, 1.54) is 5.56 Å². The summed E-state index contributed by atoms with van der Waals surface area (Å²) in [6.07, 6.45) is 3.29. The lowest BCUT2D eigenvalue weighted by Crippen LogP contribution is -2.14. The summed E-state index contributed by atoms with van der Waals surface area (Å²) in [4.78, 5) is 17.5. The molecule has 0 bridgehead atoms. The number of nitrogens with one attached hydrogen (secondary N) is 2. The van der Waals surface area contributed by atoms with Gasteiger partial charge in [-0.1, -0.05) is 54.5 Å². The maximum atomic E-state index is 12.8. The summed E-state index contributed by atoms with van der Waals surface area (Å²) in [6, 6.07) is 12.9. The van der Waals surface area contributed by atoms with Crippen molar-refractivity contribution >= 4 is 38.1 Å². The Labute approximate surface area is 187 Å². The Hall–Kier alpha value is -2.71. The first-order chi connectivity index (χ1) is 14.7. The van der Waals surface area contributed by atoms with Crippen LogP contribution in [0.5, 0.6) is 0 Å². The van der Waals surface area contributed by atoms with Gasteiger partial charge in [0.25, 0.3) is 15.9 Å². The molecule has 2 N–H and O–H groups in total. The second-order valence-corrected chi connectivity index (χ2v) is 10.2. The van der Waals surface area contributed by atoms with Crippen LogP contribution in [-0.4, -0.2) is 19.3 Å². The standard InChI is InChI=1S/C23H27N3O3S2/c1-5-6-7-18-9-11-19(12-10-18)25-22(27)21-17(4)24-23(30-21)26-31(28,29)20-13-8-15(2)14-16(20)3/h8-14H,5-7H2,1-4H3,(H,24,26)(H,25,27). The Morgan fingerprint density at radius 3 is 2.42 bits per heavy atom. The number of hydrogen-bond acceptors (Lipinski definition) is 5. The van der Waals surface area contributed by atoms with E-state index >= 15 is 0 Å². The van der Waals surface area contributed by atoms with Gasteiger partial charge in [0.05, 0.1) is 10.6 Å². The molecule has 6 nitrogen and oxygen atoms in total. The van der Waals surface area contributed by atoms with Gasteiger partial charge in [-0.3, -0.25) is 9.52 Å². The Morgan fingerprint density at radius 2 is 1.77 bits per heavy atom. The van der Waals surface area contributed by atoms with Gasteiger partial charge in [0.2, 0.25) is 0 Å². The topological polar surface area (TPSA) is 88.2 Å². The predicted molar refractivity (Wildman–Crippen MR) is 127 cm³/mol. The molecule has 0 spiro atoms. The van der Waals surface area contributed by atoms with Crippen molar-refractivity contribution < 1.29 is 13.2 Å². The minimum absolute atomic E-state index is 0.164. The molecule has 0 saturated carbocycles. The van der Waals surface area contributed by atoms with Crippen LogP contribution in [0, 0.1) is 20.8 Å². The SMILES string of the molecule is CCCCc1ccc(NC(=O)c2sc(NS(=O)(=O)c3ccc(C)cc3C)nc2C)cc1. The molecule has 31 heavy (non-hydrogen) atoms. The van der Waals surface area contributed by atoms with Crippen LogP contribution in [0.25, 0.3) is 0 Å². The number of anilines is 2. The predicted octanol–water partition coefficient (Wildman–Crippen LogP) is 5.46. The highest BCUT2D eigenvalue weighted by Crippen LogP contribution is 2.27. The third-order valence-corrected chi connectivity index (χ3v) is 7.58. The molecule has 1 amide bonds. The van der Waals surface area contributed by atoms with E-state index in [9.17, 15) is 13.2 Å². The Balaban J connectivity index is 1.73. The van der Waals surface area contributed by atoms with E-state index < -0.39 is 10.0 Å². The van der Waals surface area contributed by atoms with Gasteiger partial charge in [0.15, 0.2) is 5.13 Å². The fraction of sp³-hybridized carbons (Fsp3) is 0.304. The molecule has 0 unspecified atom stereocenters. The van der Waals surface area contributed by atoms with Crippen molar-refractivity contribution in [1.82, 2.24) is 4.98 Å². The molecule has 0 aliphatic carbocycles. The Kier molecular flexibility index (Phi) is 7.12. The molecule has 0 aliphatic rings. The molecule has 0 aliphatic heterocycles. The van der Waals surface area contributed by atoms with E-state index in [0.717, 1.165) is 36.2 Å². The fourth-order valence-corrected chi connectivity index (χ4v) is 5.57. The van der Waals surface area contributed by atoms with Crippen LogP contribution >= 0.6 is 11.3 Å². The van der Waals surface area contributed by atoms with Gasteiger partial charge >= 0.3 is 0 Å². The molecule has 0 saturated heterocycles. The molecule has 1 heterocycles. The molecule has 0 atom stereocenters. The first kappa shape index (κ1) is 23.0. The van der Waals surface area contributed by atoms with Crippen molar-refractivity contribution in [3.05, 3.63) is 69.7 Å². The number of thiazole rings is 1. The zero-order valence-corrected chi connectivity index (χ0v) is 19.8. The number of nitrogens with zero attached hydrogens (tertiary/aromatic N) is 1. The van der Waals surface area contributed by atoms with Crippen molar-refractivity contribution in [3.8, 4) is 0 Å². The highest BCUT2D eigenvalue weighted by molar-refractivity contribution is 7.93. The second-order valence-electron chi connectivity index (χ2n) is 7.56. The molecule has 0 radical (unpaired) electrons. The van der Waals surface area contributed by atoms with E-state index in [0.29, 0.717) is 21.8 Å². The van der Waals surface area contributed by atoms with E-state index in [1.54, 1.807) is 26.0 Å². The molecule has 0 fully saturated rings. The highest BCUT2D eigenvalue weighted by Gasteiger charge is 2.21. The lowest BCUT2D eigenvalue weighted by atomic mass is 10.1. The summed E-state index contributed by atoms with van der Waals surface area (Å²) < 4.78 is 28.1. The lowest BCUT2D eigenvalue weighted by Gasteiger charge is -2.08. The lowest BCUT2D eigenvalue weighted by molar-refractivity contribution is 0.103. The smallest absolute Gasteiger partial charge is 0.267 e. The monoisotopic (exact) mass is 457 g/mol. The van der Waals surface area contributed by atoms with Gasteiger partial charge in [-0.25, -0.2) is 13.4 Å². The molecule has 3 aromatic rings. The molecular weight excluding hydrogens is 430 g/mol. The summed E-state index contributed by atoms with van der Waals surface area (Å²) in [5.74, 6) is -0.312. The molecule has 2 aromatic carbocycles. The summed E-state index contributed by atoms with van der Waals surface area (Å²) in [5, 5.41) is 3.02. The number of aryl methyl sites for hydroxylation is 4. The number of carbonyl (C=O) groups is 1. The number of benzene rings is 2. The van der Waals surface area contributed by atoms with Gasteiger partial charge in [0.1, 0.15) is 4.88 Å². The average Bonchev–Trinajstić information content (AvgIpc) is 3.06. The van der Waals surface area contributed by atoms with Gasteiger partial charge < -0.3 is 5.32 Å². The normalized spacial score (nSPS) is 11.4. The molecular formula is C23H27N3O3S2. The number of rotatable bonds is 8. The maximum absolute atomic E-state index is 12.8. The van der Waals surface area contributed by atoms with Crippen LogP contribution in [0.3, 0.4) is 0 Å². The van der Waals surface area contributed by atoms with Gasteiger partial charge in [0, 0.05) is 5.69 Å². The zero-order valence-electron chi connectivity index (χ0n) is 18.2. The summed E-state index contributed by atoms with van der Waals surface area (Å²) in [5.41, 5.74) is 4.03. The van der Waals surface area contributed by atoms with Crippen molar-refractivity contribution in [2.75, 3.05) is 10.0 Å². The van der Waals surface area contributed by atoms with Crippen molar-refractivity contribution in [3.63, 3.8) is 0 Å². The van der Waals surface area contributed by atoms with Crippen molar-refractivity contribution in [2.45, 2.75) is 51.9 Å². The van der Waals surface area contributed by atoms with Crippen LogP contribution in [-0.2, 0) is 16.4 Å². The van der Waals surface area contributed by atoms with Crippen LogP contribution in [0.2, 0.25) is 0 Å². The maximum Gasteiger partial charge on any atom is 0.267 e. The van der Waals surface area contributed by atoms with Crippen molar-refractivity contribution in [2.24, 2.45) is 0 Å². The van der Waals surface area contributed by atoms with E-state index in [-0.39, 0.29) is 15.9 Å². The van der Waals surface area contributed by atoms with E-state index in [2.05, 4.69) is 21.9 Å². The summed E-state index contributed by atoms with van der Waals surface area (Å²) in [7, 11) is -3.80. The van der Waals surface area contributed by atoms with Crippen molar-refractivity contribution in [1.29, 1.82) is 0 Å². The molecule has 8 heteroatoms. The fourth-order valence-electron chi connectivity index (χ4n) is 3.25. The molecule has 3 rings (SSSR count). The number of hydrogen-bond donors (Lipinski definition) is 2. The Bertz CT molecular complexity index is 1180. The largest absolute Gasteiger partial charge is 0.321 e. The zero-order chi connectivity index (χ0) is 22.6. The quantitative estimate of drug-likeness (QED) is 0.470. The van der Waals surface area contributed by atoms with Gasteiger partial charge in [-0.15, -0.1) is 0 Å². The second kappa shape index (κ2) is 9.62. The van der Waals surface area contributed by atoms with Crippen LogP contribution in [0.4, 0.5) is 10.8 Å². The molecule has 164 valence electrons. The minimum atomic E-state index is -3.80. The summed E-state index contributed by atoms with van der Waals surface area (Å²) >= 11 is 1.02. The number of carbonyl (C=O) groups excluding carboxylic acids is 1.